The Hall–Kier alpha value is -1.14. The second-order valence-electron chi connectivity index (χ2n) is 2.72. The Morgan fingerprint density at radius 2 is 1.25 bits per heavy atom. The molecule has 6 nitrogen and oxygen atoms in total. The first-order valence-corrected chi connectivity index (χ1v) is 3.38. The molecule has 2 aliphatic heterocycles. The van der Waals surface area contributed by atoms with Gasteiger partial charge in [0.25, 0.3) is 0 Å². The second kappa shape index (κ2) is 2.18. The van der Waals surface area contributed by atoms with Crippen LogP contribution in [0.2, 0.25) is 0 Å². The normalized spacial score (nSPS) is 43.7. The van der Waals surface area contributed by atoms with Crippen molar-refractivity contribution in [2.24, 2.45) is 0 Å². The second-order valence-corrected chi connectivity index (χ2v) is 2.72. The van der Waals surface area contributed by atoms with Gasteiger partial charge in [-0.3, -0.25) is 0 Å². The summed E-state index contributed by atoms with van der Waals surface area (Å²) in [5.41, 5.74) is 0. The van der Waals surface area contributed by atoms with Crippen LogP contribution in [0, 0.1) is 0 Å². The fourth-order valence-electron chi connectivity index (χ4n) is 1.14. The van der Waals surface area contributed by atoms with Crippen LogP contribution in [0.3, 0.4) is 0 Å². The van der Waals surface area contributed by atoms with Gasteiger partial charge in [-0.15, -0.1) is 0 Å². The number of carboxylic acid groups (broad SMARTS) is 2. The Morgan fingerprint density at radius 1 is 0.917 bits per heavy atom. The van der Waals surface area contributed by atoms with Crippen molar-refractivity contribution in [2.75, 3.05) is 0 Å². The monoisotopic (exact) mass is 174 g/mol. The summed E-state index contributed by atoms with van der Waals surface area (Å²) in [6.45, 7) is 0. The predicted octanol–water partition coefficient (Wildman–Crippen LogP) is -1.31. The highest BCUT2D eigenvalue weighted by Gasteiger charge is 2.63. The first-order chi connectivity index (χ1) is 5.61. The lowest BCUT2D eigenvalue weighted by molar-refractivity contribution is -0.139. The minimum atomic E-state index is -1.07. The van der Waals surface area contributed by atoms with Crippen LogP contribution in [0.15, 0.2) is 0 Å². The molecule has 4 atom stereocenters. The van der Waals surface area contributed by atoms with E-state index in [1.165, 1.54) is 0 Å². The molecule has 0 spiro atoms. The van der Waals surface area contributed by atoms with E-state index in [-0.39, 0.29) is 0 Å². The Balaban J connectivity index is 1.85. The summed E-state index contributed by atoms with van der Waals surface area (Å²) in [5, 5.41) is 16.8. The fraction of sp³-hybridized carbons (Fsp3) is 0.667. The van der Waals surface area contributed by atoms with Crippen LogP contribution in [0.4, 0.5) is 0 Å². The summed E-state index contributed by atoms with van der Waals surface area (Å²) >= 11 is 0. The van der Waals surface area contributed by atoms with E-state index in [4.69, 9.17) is 19.7 Å². The summed E-state index contributed by atoms with van der Waals surface area (Å²) in [7, 11) is 0. The number of carbonyl (C=O) groups is 2. The molecule has 2 aliphatic rings. The number of carboxylic acids is 2. The SMILES string of the molecule is O=C(O)[C@H]1O[C@@H]1[C@H]1O[C@@H]1C(=O)O. The molecule has 0 aromatic carbocycles. The van der Waals surface area contributed by atoms with Crippen LogP contribution in [0.5, 0.6) is 0 Å². The smallest absolute Gasteiger partial charge is 0.335 e. The molecule has 2 rings (SSSR count). The fourth-order valence-corrected chi connectivity index (χ4v) is 1.14. The number of epoxide rings is 2. The van der Waals surface area contributed by atoms with Crippen molar-refractivity contribution < 1.29 is 29.3 Å². The largest absolute Gasteiger partial charge is 0.479 e. The van der Waals surface area contributed by atoms with Gasteiger partial charge in [0.15, 0.2) is 12.2 Å². The Kier molecular flexibility index (Phi) is 1.36. The molecule has 2 fully saturated rings. The minimum Gasteiger partial charge on any atom is -0.479 e. The highest BCUT2D eigenvalue weighted by molar-refractivity contribution is 5.79. The van der Waals surface area contributed by atoms with Crippen LogP contribution < -0.4 is 0 Å². The summed E-state index contributed by atoms with van der Waals surface area (Å²) < 4.78 is 9.39. The standard InChI is InChI=1S/C6H6O6/c7-5(8)3-1(11-3)2-4(12-2)6(9)10/h1-4H,(H,7,8)(H,9,10)/t1-,2-,3+,4+/m1/s1. The maximum absolute atomic E-state index is 10.3. The van der Waals surface area contributed by atoms with E-state index in [1.807, 2.05) is 0 Å². The average Bonchev–Trinajstić information content (AvgIpc) is 2.82. The van der Waals surface area contributed by atoms with Crippen molar-refractivity contribution >= 4 is 11.9 Å². The van der Waals surface area contributed by atoms with Gasteiger partial charge in [0.2, 0.25) is 0 Å². The molecule has 0 aliphatic carbocycles. The Morgan fingerprint density at radius 3 is 1.42 bits per heavy atom. The summed E-state index contributed by atoms with van der Waals surface area (Å²) in [4.78, 5) is 20.5. The van der Waals surface area contributed by atoms with E-state index >= 15 is 0 Å². The lowest BCUT2D eigenvalue weighted by atomic mass is 10.2. The molecule has 2 heterocycles. The van der Waals surface area contributed by atoms with Crippen molar-refractivity contribution in [3.63, 3.8) is 0 Å². The van der Waals surface area contributed by atoms with E-state index in [1.54, 1.807) is 0 Å². The van der Waals surface area contributed by atoms with E-state index in [2.05, 4.69) is 0 Å². The highest BCUT2D eigenvalue weighted by Crippen LogP contribution is 2.38. The molecule has 0 unspecified atom stereocenters. The van der Waals surface area contributed by atoms with Gasteiger partial charge in [-0.1, -0.05) is 0 Å². The molecule has 6 heteroatoms. The molecule has 12 heavy (non-hydrogen) atoms. The third-order valence-electron chi connectivity index (χ3n) is 1.86. The summed E-state index contributed by atoms with van der Waals surface area (Å²) in [6.07, 6.45) is -2.88. The first-order valence-electron chi connectivity index (χ1n) is 3.38. The van der Waals surface area contributed by atoms with Gasteiger partial charge in [0, 0.05) is 0 Å². The van der Waals surface area contributed by atoms with Gasteiger partial charge in [0.05, 0.1) is 0 Å². The Bertz CT molecular complexity index is 222. The van der Waals surface area contributed by atoms with E-state index in [9.17, 15) is 9.59 Å². The van der Waals surface area contributed by atoms with Gasteiger partial charge in [0.1, 0.15) is 12.2 Å². The van der Waals surface area contributed by atoms with Crippen LogP contribution >= 0.6 is 0 Å². The van der Waals surface area contributed by atoms with Gasteiger partial charge in [-0.2, -0.15) is 0 Å². The zero-order valence-electron chi connectivity index (χ0n) is 5.84. The molecule has 2 saturated heterocycles. The average molecular weight is 174 g/mol. The van der Waals surface area contributed by atoms with Crippen molar-refractivity contribution in [1.82, 2.24) is 0 Å². The molecule has 0 radical (unpaired) electrons. The zero-order valence-corrected chi connectivity index (χ0v) is 5.84. The van der Waals surface area contributed by atoms with E-state index in [0.717, 1.165) is 0 Å². The van der Waals surface area contributed by atoms with Crippen molar-refractivity contribution in [1.29, 1.82) is 0 Å². The zero-order chi connectivity index (χ0) is 8.88. The number of ether oxygens (including phenoxy) is 2. The summed E-state index contributed by atoms with van der Waals surface area (Å²) in [6, 6.07) is 0. The van der Waals surface area contributed by atoms with Crippen LogP contribution in [0.1, 0.15) is 0 Å². The molecular weight excluding hydrogens is 168 g/mol. The third kappa shape index (κ3) is 1.05. The van der Waals surface area contributed by atoms with Gasteiger partial charge >= 0.3 is 11.9 Å². The maximum atomic E-state index is 10.3. The summed E-state index contributed by atoms with van der Waals surface area (Å²) in [5.74, 6) is -2.14. The van der Waals surface area contributed by atoms with Crippen molar-refractivity contribution in [3.8, 4) is 0 Å². The molecule has 2 N–H and O–H groups in total. The lowest BCUT2D eigenvalue weighted by Crippen LogP contribution is -2.16. The highest BCUT2D eigenvalue weighted by atomic mass is 16.7. The van der Waals surface area contributed by atoms with E-state index in [0.29, 0.717) is 0 Å². The van der Waals surface area contributed by atoms with Crippen LogP contribution in [-0.2, 0) is 19.1 Å². The molecular formula is C6H6O6. The third-order valence-corrected chi connectivity index (χ3v) is 1.86. The molecule has 66 valence electrons. The lowest BCUT2D eigenvalue weighted by Gasteiger charge is -1.81. The number of aliphatic carboxylic acids is 2. The van der Waals surface area contributed by atoms with Crippen LogP contribution in [-0.4, -0.2) is 46.6 Å². The number of hydrogen-bond donors (Lipinski definition) is 2. The maximum Gasteiger partial charge on any atom is 0.335 e. The topological polar surface area (TPSA) is 99.7 Å². The molecule has 0 bridgehead atoms. The molecule has 0 amide bonds. The quantitative estimate of drug-likeness (QED) is 0.515. The molecule has 0 aromatic rings. The molecule has 0 saturated carbocycles. The first kappa shape index (κ1) is 7.51. The Labute approximate surface area is 66.7 Å². The van der Waals surface area contributed by atoms with Crippen molar-refractivity contribution in [2.45, 2.75) is 24.4 Å². The predicted molar refractivity (Wildman–Crippen MR) is 32.6 cm³/mol. The van der Waals surface area contributed by atoms with E-state index < -0.39 is 36.4 Å². The van der Waals surface area contributed by atoms with Gasteiger partial charge in [-0.25, -0.2) is 9.59 Å². The number of hydrogen-bond acceptors (Lipinski definition) is 4. The van der Waals surface area contributed by atoms with Gasteiger partial charge < -0.3 is 19.7 Å². The minimum absolute atomic E-state index is 0.566. The van der Waals surface area contributed by atoms with Crippen molar-refractivity contribution in [3.05, 3.63) is 0 Å². The molecule has 0 aromatic heterocycles. The number of rotatable bonds is 3. The van der Waals surface area contributed by atoms with Gasteiger partial charge in [-0.05, 0) is 0 Å². The van der Waals surface area contributed by atoms with Crippen LogP contribution in [0.25, 0.3) is 0 Å².